The molecule has 0 saturated heterocycles. The van der Waals surface area contributed by atoms with E-state index < -0.39 is 30.1 Å². The van der Waals surface area contributed by atoms with Gasteiger partial charge in [-0.2, -0.15) is 0 Å². The first-order chi connectivity index (χ1) is 10.0. The smallest absolute Gasteiger partial charge is 0.303 e. The SMILES string of the molecule is CC(=O)O[C@H]1C[C@H]([C@@H](O)CN=[N+]=[N-])Oc2ccc(F)cc21. The third-order valence-electron chi connectivity index (χ3n) is 3.11. The minimum atomic E-state index is -1.04. The highest BCUT2D eigenvalue weighted by Crippen LogP contribution is 2.38. The van der Waals surface area contributed by atoms with Crippen molar-refractivity contribution in [1.82, 2.24) is 0 Å². The van der Waals surface area contributed by atoms with Crippen molar-refractivity contribution in [2.75, 3.05) is 6.54 Å². The van der Waals surface area contributed by atoms with Crippen molar-refractivity contribution in [2.45, 2.75) is 31.7 Å². The van der Waals surface area contributed by atoms with Gasteiger partial charge < -0.3 is 14.6 Å². The predicted octanol–water partition coefficient (Wildman–Crippen LogP) is 2.25. The summed E-state index contributed by atoms with van der Waals surface area (Å²) in [6.45, 7) is 1.09. The van der Waals surface area contributed by atoms with E-state index in [-0.39, 0.29) is 13.0 Å². The Bertz CT molecular complexity index is 589. The molecule has 2 rings (SSSR count). The lowest BCUT2D eigenvalue weighted by atomic mass is 9.96. The maximum Gasteiger partial charge on any atom is 0.303 e. The Morgan fingerprint density at radius 1 is 1.71 bits per heavy atom. The van der Waals surface area contributed by atoms with E-state index in [2.05, 4.69) is 10.0 Å². The fourth-order valence-electron chi connectivity index (χ4n) is 2.21. The zero-order chi connectivity index (χ0) is 15.4. The van der Waals surface area contributed by atoms with Crippen LogP contribution in [-0.4, -0.2) is 29.8 Å². The summed E-state index contributed by atoms with van der Waals surface area (Å²) in [4.78, 5) is 13.7. The molecule has 0 amide bonds. The Balaban J connectivity index is 2.26. The second-order valence-electron chi connectivity index (χ2n) is 4.65. The number of hydrogen-bond acceptors (Lipinski definition) is 5. The van der Waals surface area contributed by atoms with Crippen LogP contribution in [-0.2, 0) is 9.53 Å². The number of esters is 1. The number of carbonyl (C=O) groups excluding carboxylic acids is 1. The van der Waals surface area contributed by atoms with Gasteiger partial charge in [0.2, 0.25) is 0 Å². The molecule has 3 atom stereocenters. The van der Waals surface area contributed by atoms with Crippen molar-refractivity contribution in [3.05, 3.63) is 40.0 Å². The van der Waals surface area contributed by atoms with Gasteiger partial charge >= 0.3 is 5.97 Å². The molecule has 0 aliphatic carbocycles. The number of halogens is 1. The van der Waals surface area contributed by atoms with Crippen molar-refractivity contribution in [3.63, 3.8) is 0 Å². The fourth-order valence-corrected chi connectivity index (χ4v) is 2.21. The monoisotopic (exact) mass is 295 g/mol. The van der Waals surface area contributed by atoms with Gasteiger partial charge in [-0.3, -0.25) is 4.79 Å². The van der Waals surface area contributed by atoms with Gasteiger partial charge in [0.1, 0.15) is 23.8 Å². The van der Waals surface area contributed by atoms with Crippen LogP contribution in [0.5, 0.6) is 5.75 Å². The molecule has 1 heterocycles. The van der Waals surface area contributed by atoms with Crippen LogP contribution >= 0.6 is 0 Å². The van der Waals surface area contributed by atoms with E-state index in [0.29, 0.717) is 11.3 Å². The molecule has 1 aliphatic heterocycles. The van der Waals surface area contributed by atoms with Crippen molar-refractivity contribution in [1.29, 1.82) is 0 Å². The maximum absolute atomic E-state index is 13.3. The molecule has 1 aliphatic rings. The lowest BCUT2D eigenvalue weighted by Gasteiger charge is -2.33. The Labute approximate surface area is 119 Å². The van der Waals surface area contributed by atoms with Crippen LogP contribution in [0.15, 0.2) is 23.3 Å². The minimum absolute atomic E-state index is 0.151. The average molecular weight is 295 g/mol. The van der Waals surface area contributed by atoms with E-state index in [1.54, 1.807) is 0 Å². The highest BCUT2D eigenvalue weighted by atomic mass is 19.1. The summed E-state index contributed by atoms with van der Waals surface area (Å²) in [5.74, 6) is -0.651. The zero-order valence-electron chi connectivity index (χ0n) is 11.3. The molecule has 1 aromatic carbocycles. The molecule has 8 heteroatoms. The second-order valence-corrected chi connectivity index (χ2v) is 4.65. The quantitative estimate of drug-likeness (QED) is 0.398. The summed E-state index contributed by atoms with van der Waals surface area (Å²) < 4.78 is 24.1. The van der Waals surface area contributed by atoms with Crippen LogP contribution in [0.2, 0.25) is 0 Å². The van der Waals surface area contributed by atoms with Crippen molar-refractivity contribution in [2.24, 2.45) is 5.11 Å². The van der Waals surface area contributed by atoms with Gasteiger partial charge in [-0.25, -0.2) is 4.39 Å². The van der Waals surface area contributed by atoms with Crippen molar-refractivity contribution in [3.8, 4) is 5.75 Å². The largest absolute Gasteiger partial charge is 0.487 e. The summed E-state index contributed by atoms with van der Waals surface area (Å²) in [6, 6.07) is 3.86. The summed E-state index contributed by atoms with van der Waals surface area (Å²) in [7, 11) is 0. The van der Waals surface area contributed by atoms with Crippen LogP contribution in [0.25, 0.3) is 10.4 Å². The number of ether oxygens (including phenoxy) is 2. The van der Waals surface area contributed by atoms with E-state index in [9.17, 15) is 14.3 Å². The molecule has 1 aromatic rings. The molecule has 112 valence electrons. The summed E-state index contributed by atoms with van der Waals surface area (Å²) in [5, 5.41) is 13.2. The van der Waals surface area contributed by atoms with E-state index >= 15 is 0 Å². The summed E-state index contributed by atoms with van der Waals surface area (Å²) in [6.07, 6.45) is -2.32. The molecule has 0 bridgehead atoms. The van der Waals surface area contributed by atoms with Crippen molar-refractivity contribution >= 4 is 5.97 Å². The Hall–Kier alpha value is -2.31. The number of carbonyl (C=O) groups is 1. The van der Waals surface area contributed by atoms with E-state index in [4.69, 9.17) is 15.0 Å². The van der Waals surface area contributed by atoms with Gasteiger partial charge in [0, 0.05) is 23.8 Å². The molecule has 21 heavy (non-hydrogen) atoms. The fraction of sp³-hybridized carbons (Fsp3) is 0.462. The molecule has 0 fully saturated rings. The lowest BCUT2D eigenvalue weighted by Crippen LogP contribution is -2.39. The second kappa shape index (κ2) is 6.43. The van der Waals surface area contributed by atoms with Crippen LogP contribution in [0.1, 0.15) is 25.0 Å². The van der Waals surface area contributed by atoms with E-state index in [1.807, 2.05) is 0 Å². The van der Waals surface area contributed by atoms with Gasteiger partial charge in [-0.15, -0.1) is 0 Å². The molecule has 0 spiro atoms. The highest BCUT2D eigenvalue weighted by Gasteiger charge is 2.34. The standard InChI is InChI=1S/C13H14FN3O4/c1-7(18)20-12-5-13(10(19)6-16-17-15)21-11-3-2-8(14)4-9(11)12/h2-4,10,12-13,19H,5-6H2,1H3/t10-,12-,13+/m0/s1. The number of hydrogen-bond donors (Lipinski definition) is 1. The van der Waals surface area contributed by atoms with Crippen LogP contribution < -0.4 is 4.74 Å². The topological polar surface area (TPSA) is 105 Å². The van der Waals surface area contributed by atoms with Crippen LogP contribution in [0.4, 0.5) is 4.39 Å². The number of azide groups is 1. The Morgan fingerprint density at radius 2 is 2.48 bits per heavy atom. The average Bonchev–Trinajstić information content (AvgIpc) is 2.44. The van der Waals surface area contributed by atoms with E-state index in [0.717, 1.165) is 0 Å². The highest BCUT2D eigenvalue weighted by molar-refractivity contribution is 5.66. The third-order valence-corrected chi connectivity index (χ3v) is 3.11. The molecule has 7 nitrogen and oxygen atoms in total. The molecule has 0 radical (unpaired) electrons. The number of aliphatic hydroxyl groups is 1. The first-order valence-electron chi connectivity index (χ1n) is 6.33. The molecule has 0 unspecified atom stereocenters. The summed E-state index contributed by atoms with van der Waals surface area (Å²) in [5.41, 5.74) is 8.68. The number of benzene rings is 1. The molecule has 0 saturated carbocycles. The first kappa shape index (κ1) is 15.1. The van der Waals surface area contributed by atoms with Crippen LogP contribution in [0, 0.1) is 5.82 Å². The molecular weight excluding hydrogens is 281 g/mol. The minimum Gasteiger partial charge on any atom is -0.487 e. The third kappa shape index (κ3) is 3.62. The number of fused-ring (bicyclic) bond motifs is 1. The summed E-state index contributed by atoms with van der Waals surface area (Å²) >= 11 is 0. The number of aliphatic hydroxyl groups excluding tert-OH is 1. The van der Waals surface area contributed by atoms with Gasteiger partial charge in [-0.1, -0.05) is 5.11 Å². The first-order valence-corrected chi connectivity index (χ1v) is 6.33. The Kier molecular flexibility index (Phi) is 4.62. The number of rotatable bonds is 4. The molecular formula is C13H14FN3O4. The van der Waals surface area contributed by atoms with Gasteiger partial charge in [-0.05, 0) is 23.7 Å². The predicted molar refractivity (Wildman–Crippen MR) is 70.0 cm³/mol. The Morgan fingerprint density at radius 3 is 3.14 bits per heavy atom. The van der Waals surface area contributed by atoms with Gasteiger partial charge in [0.05, 0.1) is 12.6 Å². The number of nitrogens with zero attached hydrogens (tertiary/aromatic N) is 3. The van der Waals surface area contributed by atoms with E-state index in [1.165, 1.54) is 25.1 Å². The van der Waals surface area contributed by atoms with Crippen molar-refractivity contribution < 1.29 is 23.8 Å². The molecule has 0 aromatic heterocycles. The lowest BCUT2D eigenvalue weighted by molar-refractivity contribution is -0.150. The zero-order valence-corrected chi connectivity index (χ0v) is 11.3. The maximum atomic E-state index is 13.3. The van der Waals surface area contributed by atoms with Gasteiger partial charge in [0.25, 0.3) is 0 Å². The molecule has 1 N–H and O–H groups in total. The van der Waals surface area contributed by atoms with Gasteiger partial charge in [0.15, 0.2) is 0 Å². The van der Waals surface area contributed by atoms with Crippen LogP contribution in [0.3, 0.4) is 0 Å². The normalized spacial score (nSPS) is 21.5.